The van der Waals surface area contributed by atoms with Crippen LogP contribution in [-0.2, 0) is 0 Å². The number of carbonyl (C=O) groups is 1. The first-order chi connectivity index (χ1) is 8.56. The third-order valence-corrected chi connectivity index (χ3v) is 3.91. The van der Waals surface area contributed by atoms with E-state index >= 15 is 0 Å². The molecule has 0 aromatic heterocycles. The summed E-state index contributed by atoms with van der Waals surface area (Å²) < 4.78 is 0.964. The van der Waals surface area contributed by atoms with Crippen LogP contribution >= 0.6 is 15.9 Å². The van der Waals surface area contributed by atoms with Gasteiger partial charge in [0.05, 0.1) is 6.54 Å². The third kappa shape index (κ3) is 3.92. The van der Waals surface area contributed by atoms with Crippen molar-refractivity contribution in [1.29, 1.82) is 0 Å². The molecule has 0 bridgehead atoms. The van der Waals surface area contributed by atoms with Gasteiger partial charge in [-0.25, -0.2) is 0 Å². The van der Waals surface area contributed by atoms with E-state index in [1.807, 2.05) is 24.3 Å². The van der Waals surface area contributed by atoms with Gasteiger partial charge in [0.1, 0.15) is 0 Å². The maximum Gasteiger partial charge on any atom is 0.176 e. The lowest BCUT2D eigenvalue weighted by atomic mass is 10.1. The molecule has 0 amide bonds. The highest BCUT2D eigenvalue weighted by Crippen LogP contribution is 2.30. The molecule has 0 radical (unpaired) electrons. The molecule has 0 saturated heterocycles. The molecule has 1 aliphatic rings. The molecule has 0 heterocycles. The van der Waals surface area contributed by atoms with E-state index in [0.717, 1.165) is 22.5 Å². The molecule has 0 aliphatic heterocycles. The summed E-state index contributed by atoms with van der Waals surface area (Å²) in [7, 11) is 0. The van der Waals surface area contributed by atoms with Gasteiger partial charge < -0.3 is 0 Å². The SMILES string of the molecule is CC(C)N(CC(=O)c1cccc(Br)c1)CC1CC1. The summed E-state index contributed by atoms with van der Waals surface area (Å²) >= 11 is 3.41. The second-order valence-electron chi connectivity index (χ2n) is 5.40. The minimum absolute atomic E-state index is 0.214. The molecule has 2 rings (SSSR count). The summed E-state index contributed by atoms with van der Waals surface area (Å²) in [6.45, 7) is 5.93. The van der Waals surface area contributed by atoms with E-state index in [1.165, 1.54) is 12.8 Å². The number of rotatable bonds is 6. The maximum atomic E-state index is 12.3. The van der Waals surface area contributed by atoms with Gasteiger partial charge >= 0.3 is 0 Å². The van der Waals surface area contributed by atoms with Crippen LogP contribution in [0.1, 0.15) is 37.0 Å². The number of hydrogen-bond acceptors (Lipinski definition) is 2. The van der Waals surface area contributed by atoms with Crippen LogP contribution in [-0.4, -0.2) is 29.8 Å². The normalized spacial score (nSPS) is 15.4. The highest BCUT2D eigenvalue weighted by Gasteiger charge is 2.26. The van der Waals surface area contributed by atoms with Crippen molar-refractivity contribution in [2.24, 2.45) is 5.92 Å². The number of hydrogen-bond donors (Lipinski definition) is 0. The Balaban J connectivity index is 1.99. The van der Waals surface area contributed by atoms with Gasteiger partial charge in [-0.2, -0.15) is 0 Å². The molecule has 2 nitrogen and oxygen atoms in total. The van der Waals surface area contributed by atoms with Crippen LogP contribution < -0.4 is 0 Å². The molecule has 0 N–H and O–H groups in total. The van der Waals surface area contributed by atoms with Crippen LogP contribution in [0, 0.1) is 5.92 Å². The summed E-state index contributed by atoms with van der Waals surface area (Å²) in [5.74, 6) is 1.04. The lowest BCUT2D eigenvalue weighted by Gasteiger charge is -2.25. The van der Waals surface area contributed by atoms with Crippen LogP contribution in [0.2, 0.25) is 0 Å². The average Bonchev–Trinajstić information content (AvgIpc) is 3.12. The number of Topliss-reactive ketones (excluding diaryl/α,β-unsaturated/α-hetero) is 1. The molecule has 18 heavy (non-hydrogen) atoms. The fourth-order valence-corrected chi connectivity index (χ4v) is 2.43. The predicted molar refractivity (Wildman–Crippen MR) is 77.9 cm³/mol. The summed E-state index contributed by atoms with van der Waals surface area (Å²) in [6.07, 6.45) is 2.66. The minimum atomic E-state index is 0.214. The van der Waals surface area contributed by atoms with E-state index in [-0.39, 0.29) is 5.78 Å². The third-order valence-electron chi connectivity index (χ3n) is 3.41. The molecule has 98 valence electrons. The first-order valence-electron chi connectivity index (χ1n) is 6.59. The molecule has 0 spiro atoms. The highest BCUT2D eigenvalue weighted by atomic mass is 79.9. The van der Waals surface area contributed by atoms with Crippen LogP contribution in [0.25, 0.3) is 0 Å². The molecular formula is C15H20BrNO. The standard InChI is InChI=1S/C15H20BrNO/c1-11(2)17(9-12-6-7-12)10-15(18)13-4-3-5-14(16)8-13/h3-5,8,11-12H,6-7,9-10H2,1-2H3. The highest BCUT2D eigenvalue weighted by molar-refractivity contribution is 9.10. The molecule has 1 aromatic carbocycles. The molecule has 1 aliphatic carbocycles. The van der Waals surface area contributed by atoms with Crippen LogP contribution in [0.3, 0.4) is 0 Å². The number of ketones is 1. The first kappa shape index (κ1) is 13.8. The Kier molecular flexibility index (Phi) is 4.57. The largest absolute Gasteiger partial charge is 0.293 e. The number of halogens is 1. The smallest absolute Gasteiger partial charge is 0.176 e. The van der Waals surface area contributed by atoms with Crippen LogP contribution in [0.5, 0.6) is 0 Å². The van der Waals surface area contributed by atoms with Gasteiger partial charge in [0.2, 0.25) is 0 Å². The summed E-state index contributed by atoms with van der Waals surface area (Å²) in [4.78, 5) is 14.5. The van der Waals surface area contributed by atoms with Crippen molar-refractivity contribution in [2.45, 2.75) is 32.7 Å². The van der Waals surface area contributed by atoms with Crippen molar-refractivity contribution in [1.82, 2.24) is 4.90 Å². The van der Waals surface area contributed by atoms with Crippen LogP contribution in [0.4, 0.5) is 0 Å². The van der Waals surface area contributed by atoms with E-state index in [4.69, 9.17) is 0 Å². The number of benzene rings is 1. The van der Waals surface area contributed by atoms with Crippen molar-refractivity contribution in [2.75, 3.05) is 13.1 Å². The summed E-state index contributed by atoms with van der Waals surface area (Å²) in [5, 5.41) is 0. The molecule has 1 saturated carbocycles. The summed E-state index contributed by atoms with van der Waals surface area (Å²) in [6, 6.07) is 8.08. The van der Waals surface area contributed by atoms with Gasteiger partial charge in [-0.05, 0) is 44.7 Å². The lowest BCUT2D eigenvalue weighted by Crippen LogP contribution is -2.37. The lowest BCUT2D eigenvalue weighted by molar-refractivity contribution is 0.0900. The Bertz CT molecular complexity index is 426. The van der Waals surface area contributed by atoms with Gasteiger partial charge in [0.15, 0.2) is 5.78 Å². The van der Waals surface area contributed by atoms with E-state index in [0.29, 0.717) is 12.6 Å². The fourth-order valence-electron chi connectivity index (χ4n) is 2.03. The maximum absolute atomic E-state index is 12.3. The van der Waals surface area contributed by atoms with Gasteiger partial charge in [-0.1, -0.05) is 28.1 Å². The van der Waals surface area contributed by atoms with Crippen molar-refractivity contribution < 1.29 is 4.79 Å². The Morgan fingerprint density at radius 1 is 1.44 bits per heavy atom. The van der Waals surface area contributed by atoms with Gasteiger partial charge in [0.25, 0.3) is 0 Å². The summed E-state index contributed by atoms with van der Waals surface area (Å²) in [5.41, 5.74) is 0.797. The molecular weight excluding hydrogens is 290 g/mol. The second-order valence-corrected chi connectivity index (χ2v) is 6.32. The number of nitrogens with zero attached hydrogens (tertiary/aromatic N) is 1. The monoisotopic (exact) mass is 309 g/mol. The molecule has 3 heteroatoms. The van der Waals surface area contributed by atoms with Crippen molar-refractivity contribution >= 4 is 21.7 Å². The minimum Gasteiger partial charge on any atom is -0.293 e. The predicted octanol–water partition coefficient (Wildman–Crippen LogP) is 3.75. The van der Waals surface area contributed by atoms with E-state index in [1.54, 1.807) is 0 Å². The molecule has 0 atom stereocenters. The van der Waals surface area contributed by atoms with E-state index in [2.05, 4.69) is 34.7 Å². The Morgan fingerprint density at radius 2 is 2.17 bits per heavy atom. The Morgan fingerprint density at radius 3 is 2.72 bits per heavy atom. The topological polar surface area (TPSA) is 20.3 Å². The first-order valence-corrected chi connectivity index (χ1v) is 7.38. The quantitative estimate of drug-likeness (QED) is 0.746. The Hall–Kier alpha value is -0.670. The van der Waals surface area contributed by atoms with E-state index < -0.39 is 0 Å². The molecule has 0 unspecified atom stereocenters. The number of carbonyl (C=O) groups excluding carboxylic acids is 1. The van der Waals surface area contributed by atoms with Crippen molar-refractivity contribution in [3.8, 4) is 0 Å². The van der Waals surface area contributed by atoms with Gasteiger partial charge in [-0.15, -0.1) is 0 Å². The van der Waals surface area contributed by atoms with Crippen LogP contribution in [0.15, 0.2) is 28.7 Å². The van der Waals surface area contributed by atoms with Crippen molar-refractivity contribution in [3.63, 3.8) is 0 Å². The van der Waals surface area contributed by atoms with Gasteiger partial charge in [-0.3, -0.25) is 9.69 Å². The fraction of sp³-hybridized carbons (Fsp3) is 0.533. The zero-order valence-electron chi connectivity index (χ0n) is 11.0. The molecule has 1 aromatic rings. The average molecular weight is 310 g/mol. The zero-order chi connectivity index (χ0) is 13.1. The zero-order valence-corrected chi connectivity index (χ0v) is 12.6. The van der Waals surface area contributed by atoms with Crippen molar-refractivity contribution in [3.05, 3.63) is 34.3 Å². The van der Waals surface area contributed by atoms with E-state index in [9.17, 15) is 4.79 Å². The Labute approximate surface area is 117 Å². The van der Waals surface area contributed by atoms with Gasteiger partial charge in [0, 0.05) is 22.6 Å². The second kappa shape index (κ2) is 5.98. The molecule has 1 fully saturated rings.